The van der Waals surface area contributed by atoms with Crippen molar-refractivity contribution >= 4 is 11.5 Å². The quantitative estimate of drug-likeness (QED) is 0.489. The Balaban J connectivity index is 1.57. The number of imidazole rings is 1. The minimum Gasteiger partial charge on any atom is -0.494 e. The maximum atomic E-state index is 5.50. The fraction of sp³-hybridized carbons (Fsp3) is 0.263. The van der Waals surface area contributed by atoms with Crippen LogP contribution in [-0.2, 0) is 0 Å². The molecule has 0 aromatic carbocycles. The zero-order valence-electron chi connectivity index (χ0n) is 15.4. The van der Waals surface area contributed by atoms with Gasteiger partial charge >= 0.3 is 0 Å². The second-order valence-corrected chi connectivity index (χ2v) is 6.70. The molecule has 1 aliphatic rings. The number of nitrogens with zero attached hydrogens (tertiary/aromatic N) is 5. The fourth-order valence-corrected chi connectivity index (χ4v) is 3.45. The smallest absolute Gasteiger partial charge is 0.157 e. The average molecular weight is 376 g/mol. The molecule has 9 nitrogen and oxygen atoms in total. The Bertz CT molecular complexity index is 1100. The highest BCUT2D eigenvalue weighted by Crippen LogP contribution is 2.30. The number of anilines is 1. The standard InChI is InChI=1S/C19H20N8O/c1-28-16-7-18-21-11-15(27(18)26-19(16)12-8-22-23-9-12)14-3-2-4-17(25-14)24-13-5-6-20-10-13/h2-4,7-9,11,13,20H,5-6,10H2,1H3,(H,22,23)(H,24,25). The minimum absolute atomic E-state index is 0.403. The highest BCUT2D eigenvalue weighted by Gasteiger charge is 2.17. The molecule has 0 spiro atoms. The van der Waals surface area contributed by atoms with Gasteiger partial charge in [0.25, 0.3) is 0 Å². The zero-order chi connectivity index (χ0) is 18.9. The highest BCUT2D eigenvalue weighted by atomic mass is 16.5. The van der Waals surface area contributed by atoms with E-state index in [1.807, 2.05) is 24.3 Å². The van der Waals surface area contributed by atoms with E-state index in [0.29, 0.717) is 23.1 Å². The summed E-state index contributed by atoms with van der Waals surface area (Å²) >= 11 is 0. The van der Waals surface area contributed by atoms with Crippen LogP contribution in [0.1, 0.15) is 6.42 Å². The number of methoxy groups -OCH3 is 1. The lowest BCUT2D eigenvalue weighted by Crippen LogP contribution is -2.22. The van der Waals surface area contributed by atoms with Crippen molar-refractivity contribution in [2.24, 2.45) is 0 Å². The number of hydrogen-bond acceptors (Lipinski definition) is 7. The van der Waals surface area contributed by atoms with Gasteiger partial charge in [0.15, 0.2) is 11.4 Å². The predicted octanol–water partition coefficient (Wildman–Crippen LogP) is 1.96. The van der Waals surface area contributed by atoms with E-state index in [4.69, 9.17) is 14.8 Å². The maximum absolute atomic E-state index is 5.50. The van der Waals surface area contributed by atoms with Crippen molar-refractivity contribution < 1.29 is 4.74 Å². The molecule has 0 saturated carbocycles. The van der Waals surface area contributed by atoms with Crippen molar-refractivity contribution in [2.45, 2.75) is 12.5 Å². The maximum Gasteiger partial charge on any atom is 0.157 e. The van der Waals surface area contributed by atoms with Crippen LogP contribution in [0.5, 0.6) is 5.75 Å². The number of pyridine rings is 1. The van der Waals surface area contributed by atoms with Gasteiger partial charge in [-0.05, 0) is 25.1 Å². The van der Waals surface area contributed by atoms with Gasteiger partial charge in [-0.3, -0.25) is 5.10 Å². The number of rotatable bonds is 5. The van der Waals surface area contributed by atoms with E-state index >= 15 is 0 Å². The lowest BCUT2D eigenvalue weighted by Gasteiger charge is -2.13. The number of H-pyrrole nitrogens is 1. The molecule has 0 bridgehead atoms. The summed E-state index contributed by atoms with van der Waals surface area (Å²) in [5.41, 5.74) is 3.85. The molecular formula is C19H20N8O. The third-order valence-electron chi connectivity index (χ3n) is 4.87. The summed E-state index contributed by atoms with van der Waals surface area (Å²) in [6.45, 7) is 1.99. The molecule has 4 aromatic rings. The van der Waals surface area contributed by atoms with Crippen LogP contribution < -0.4 is 15.4 Å². The predicted molar refractivity (Wildman–Crippen MR) is 105 cm³/mol. The molecule has 5 rings (SSSR count). The first-order valence-electron chi connectivity index (χ1n) is 9.18. The molecule has 0 aliphatic carbocycles. The number of aromatic amines is 1. The summed E-state index contributed by atoms with van der Waals surface area (Å²) in [7, 11) is 1.62. The van der Waals surface area contributed by atoms with Gasteiger partial charge in [-0.1, -0.05) is 6.07 Å². The van der Waals surface area contributed by atoms with Crippen molar-refractivity contribution in [1.82, 2.24) is 35.1 Å². The van der Waals surface area contributed by atoms with Crippen molar-refractivity contribution in [3.63, 3.8) is 0 Å². The van der Waals surface area contributed by atoms with Crippen LogP contribution in [0.2, 0.25) is 0 Å². The topological polar surface area (TPSA) is 105 Å². The molecule has 0 amide bonds. The van der Waals surface area contributed by atoms with E-state index in [0.717, 1.165) is 42.3 Å². The first-order chi connectivity index (χ1) is 13.8. The van der Waals surface area contributed by atoms with E-state index < -0.39 is 0 Å². The average Bonchev–Trinajstić information content (AvgIpc) is 3.48. The summed E-state index contributed by atoms with van der Waals surface area (Å²) in [5, 5.41) is 18.4. The Hall–Kier alpha value is -3.46. The molecule has 28 heavy (non-hydrogen) atoms. The van der Waals surface area contributed by atoms with Crippen LogP contribution in [-0.4, -0.2) is 56.0 Å². The van der Waals surface area contributed by atoms with Crippen LogP contribution >= 0.6 is 0 Å². The Morgan fingerprint density at radius 1 is 1.29 bits per heavy atom. The van der Waals surface area contributed by atoms with Crippen molar-refractivity contribution in [3.8, 4) is 28.4 Å². The largest absolute Gasteiger partial charge is 0.494 e. The molecule has 9 heteroatoms. The second kappa shape index (κ2) is 6.93. The van der Waals surface area contributed by atoms with Gasteiger partial charge in [0.2, 0.25) is 0 Å². The first-order valence-corrected chi connectivity index (χ1v) is 9.18. The van der Waals surface area contributed by atoms with Gasteiger partial charge in [-0.25, -0.2) is 14.5 Å². The van der Waals surface area contributed by atoms with E-state index in [-0.39, 0.29) is 0 Å². The molecule has 1 atom stereocenters. The van der Waals surface area contributed by atoms with Gasteiger partial charge in [-0.2, -0.15) is 10.2 Å². The fourth-order valence-electron chi connectivity index (χ4n) is 3.45. The monoisotopic (exact) mass is 376 g/mol. The molecule has 0 radical (unpaired) electrons. The molecule has 142 valence electrons. The van der Waals surface area contributed by atoms with E-state index in [9.17, 15) is 0 Å². The Morgan fingerprint density at radius 2 is 2.25 bits per heavy atom. The van der Waals surface area contributed by atoms with E-state index in [1.165, 1.54) is 0 Å². The number of fused-ring (bicyclic) bond motifs is 1. The molecule has 1 saturated heterocycles. The van der Waals surface area contributed by atoms with Crippen LogP contribution in [0, 0.1) is 0 Å². The lowest BCUT2D eigenvalue weighted by molar-refractivity contribution is 0.414. The second-order valence-electron chi connectivity index (χ2n) is 6.70. The summed E-state index contributed by atoms with van der Waals surface area (Å²) in [5.74, 6) is 1.49. The van der Waals surface area contributed by atoms with Crippen molar-refractivity contribution in [2.75, 3.05) is 25.5 Å². The summed E-state index contributed by atoms with van der Waals surface area (Å²) in [6, 6.07) is 8.21. The first kappa shape index (κ1) is 16.7. The normalized spacial score (nSPS) is 16.5. The van der Waals surface area contributed by atoms with Gasteiger partial charge < -0.3 is 15.4 Å². The van der Waals surface area contributed by atoms with Crippen LogP contribution in [0.15, 0.2) is 42.9 Å². The van der Waals surface area contributed by atoms with E-state index in [1.54, 1.807) is 30.2 Å². The third kappa shape index (κ3) is 2.95. The Morgan fingerprint density at radius 3 is 3.04 bits per heavy atom. The number of hydrogen-bond donors (Lipinski definition) is 3. The lowest BCUT2D eigenvalue weighted by atomic mass is 10.2. The highest BCUT2D eigenvalue weighted by molar-refractivity contribution is 5.69. The minimum atomic E-state index is 0.403. The molecule has 1 aliphatic heterocycles. The third-order valence-corrected chi connectivity index (χ3v) is 4.87. The SMILES string of the molecule is COc1cc2ncc(-c3cccc(NC4CCNC4)n3)n2nc1-c1cn[nH]c1. The Kier molecular flexibility index (Phi) is 4.13. The number of ether oxygens (including phenoxy) is 1. The molecular weight excluding hydrogens is 356 g/mol. The van der Waals surface area contributed by atoms with Crippen molar-refractivity contribution in [3.05, 3.63) is 42.9 Å². The van der Waals surface area contributed by atoms with E-state index in [2.05, 4.69) is 25.8 Å². The number of aromatic nitrogens is 6. The molecule has 4 aromatic heterocycles. The summed E-state index contributed by atoms with van der Waals surface area (Å²) < 4.78 is 7.28. The Labute approximate surface area is 161 Å². The van der Waals surface area contributed by atoms with Crippen molar-refractivity contribution in [1.29, 1.82) is 0 Å². The zero-order valence-corrected chi connectivity index (χ0v) is 15.4. The molecule has 1 unspecified atom stereocenters. The van der Waals surface area contributed by atoms with Crippen LogP contribution in [0.4, 0.5) is 5.82 Å². The van der Waals surface area contributed by atoms with Gasteiger partial charge in [0.05, 0.1) is 25.2 Å². The molecule has 3 N–H and O–H groups in total. The van der Waals surface area contributed by atoms with Gasteiger partial charge in [-0.15, -0.1) is 0 Å². The molecule has 5 heterocycles. The molecule has 1 fully saturated rings. The number of nitrogens with one attached hydrogen (secondary N) is 3. The van der Waals surface area contributed by atoms with Crippen LogP contribution in [0.25, 0.3) is 28.3 Å². The van der Waals surface area contributed by atoms with Gasteiger partial charge in [0.1, 0.15) is 17.2 Å². The van der Waals surface area contributed by atoms with Crippen LogP contribution in [0.3, 0.4) is 0 Å². The summed E-state index contributed by atoms with van der Waals surface area (Å²) in [4.78, 5) is 9.26. The van der Waals surface area contributed by atoms with Gasteiger partial charge in [0, 0.05) is 30.4 Å². The summed E-state index contributed by atoms with van der Waals surface area (Å²) in [6.07, 6.45) is 6.37.